The van der Waals surface area contributed by atoms with E-state index >= 15 is 0 Å². The smallest absolute Gasteiger partial charge is 0.344 e. The number of esters is 1. The normalized spacial score (nSPS) is 15.3. The second-order valence-corrected chi connectivity index (χ2v) is 7.11. The molecule has 1 atom stereocenters. The summed E-state index contributed by atoms with van der Waals surface area (Å²) in [5.41, 5.74) is 2.26. The van der Waals surface area contributed by atoms with Gasteiger partial charge in [-0.15, -0.1) is 0 Å². The molecule has 1 aliphatic carbocycles. The van der Waals surface area contributed by atoms with Crippen molar-refractivity contribution in [3.05, 3.63) is 76.1 Å². The molecular formula is C23H21NO6. The molecule has 1 N–H and O–H groups in total. The summed E-state index contributed by atoms with van der Waals surface area (Å²) in [5, 5.41) is 3.67. The Hall–Kier alpha value is -3.61. The van der Waals surface area contributed by atoms with E-state index in [9.17, 15) is 14.4 Å². The van der Waals surface area contributed by atoms with Gasteiger partial charge in [-0.25, -0.2) is 9.59 Å². The van der Waals surface area contributed by atoms with E-state index in [0.29, 0.717) is 11.3 Å². The quantitative estimate of drug-likeness (QED) is 0.499. The summed E-state index contributed by atoms with van der Waals surface area (Å²) in [7, 11) is 0. The van der Waals surface area contributed by atoms with Crippen LogP contribution in [0.5, 0.6) is 5.75 Å². The summed E-state index contributed by atoms with van der Waals surface area (Å²) >= 11 is 0. The fraction of sp³-hybridized carbons (Fsp3) is 0.261. The van der Waals surface area contributed by atoms with Crippen molar-refractivity contribution in [3.8, 4) is 5.75 Å². The highest BCUT2D eigenvalue weighted by Crippen LogP contribution is 2.29. The molecule has 2 aromatic carbocycles. The van der Waals surface area contributed by atoms with Gasteiger partial charge in [-0.2, -0.15) is 0 Å². The van der Waals surface area contributed by atoms with Crippen molar-refractivity contribution in [2.45, 2.75) is 25.3 Å². The molecule has 1 aromatic heterocycles. The van der Waals surface area contributed by atoms with Gasteiger partial charge < -0.3 is 19.2 Å². The minimum Gasteiger partial charge on any atom is -0.482 e. The Morgan fingerprint density at radius 1 is 1.07 bits per heavy atom. The lowest BCUT2D eigenvalue weighted by molar-refractivity contribution is -0.150. The predicted molar refractivity (Wildman–Crippen MR) is 109 cm³/mol. The first kappa shape index (κ1) is 19.7. The Morgan fingerprint density at radius 3 is 2.80 bits per heavy atom. The van der Waals surface area contributed by atoms with Crippen LogP contribution in [0.1, 0.15) is 30.0 Å². The SMILES string of the molecule is O=C(COC(=O)COc1ccc2ccc(=O)oc2c1)NC1CCCc2ccccc21. The van der Waals surface area contributed by atoms with Crippen molar-refractivity contribution < 1.29 is 23.5 Å². The van der Waals surface area contributed by atoms with Crippen molar-refractivity contribution in [3.63, 3.8) is 0 Å². The van der Waals surface area contributed by atoms with Crippen LogP contribution in [0.3, 0.4) is 0 Å². The maximum atomic E-state index is 12.2. The topological polar surface area (TPSA) is 94.8 Å². The number of fused-ring (bicyclic) bond motifs is 2. The summed E-state index contributed by atoms with van der Waals surface area (Å²) in [6, 6.07) is 15.8. The van der Waals surface area contributed by atoms with E-state index < -0.39 is 11.6 Å². The van der Waals surface area contributed by atoms with Crippen LogP contribution in [0, 0.1) is 0 Å². The monoisotopic (exact) mass is 407 g/mol. The summed E-state index contributed by atoms with van der Waals surface area (Å²) < 4.78 is 15.5. The van der Waals surface area contributed by atoms with E-state index in [0.717, 1.165) is 30.2 Å². The Morgan fingerprint density at radius 2 is 1.90 bits per heavy atom. The number of carbonyl (C=O) groups is 2. The molecule has 30 heavy (non-hydrogen) atoms. The molecule has 0 spiro atoms. The van der Waals surface area contributed by atoms with Crippen LogP contribution in [0.25, 0.3) is 11.0 Å². The molecule has 0 fully saturated rings. The maximum Gasteiger partial charge on any atom is 0.344 e. The summed E-state index contributed by atoms with van der Waals surface area (Å²) in [4.78, 5) is 35.4. The lowest BCUT2D eigenvalue weighted by Crippen LogP contribution is -2.34. The van der Waals surface area contributed by atoms with Crippen LogP contribution in [-0.4, -0.2) is 25.1 Å². The summed E-state index contributed by atoms with van der Waals surface area (Å²) in [5.74, 6) is -0.654. The zero-order valence-electron chi connectivity index (χ0n) is 16.3. The van der Waals surface area contributed by atoms with Crippen LogP contribution in [0.2, 0.25) is 0 Å². The van der Waals surface area contributed by atoms with E-state index in [1.54, 1.807) is 18.2 Å². The molecule has 7 nitrogen and oxygen atoms in total. The summed E-state index contributed by atoms with van der Waals surface area (Å²) in [6.07, 6.45) is 2.87. The van der Waals surface area contributed by atoms with Crippen molar-refractivity contribution in [1.82, 2.24) is 5.32 Å². The first-order valence-electron chi connectivity index (χ1n) is 9.78. The van der Waals surface area contributed by atoms with Gasteiger partial charge >= 0.3 is 11.6 Å². The molecule has 1 unspecified atom stereocenters. The summed E-state index contributed by atoms with van der Waals surface area (Å²) in [6.45, 7) is -0.727. The molecule has 0 saturated carbocycles. The average molecular weight is 407 g/mol. The lowest BCUT2D eigenvalue weighted by atomic mass is 9.88. The molecule has 154 valence electrons. The van der Waals surface area contributed by atoms with Crippen LogP contribution < -0.4 is 15.7 Å². The van der Waals surface area contributed by atoms with Gasteiger partial charge in [0.15, 0.2) is 13.2 Å². The largest absolute Gasteiger partial charge is 0.482 e. The lowest BCUT2D eigenvalue weighted by Gasteiger charge is -2.26. The number of hydrogen-bond acceptors (Lipinski definition) is 6. The van der Waals surface area contributed by atoms with Gasteiger partial charge in [0, 0.05) is 17.5 Å². The third-order valence-corrected chi connectivity index (χ3v) is 5.02. The first-order chi connectivity index (χ1) is 14.6. The van der Waals surface area contributed by atoms with Gasteiger partial charge in [-0.3, -0.25) is 4.79 Å². The van der Waals surface area contributed by atoms with E-state index in [2.05, 4.69) is 11.4 Å². The molecule has 0 aliphatic heterocycles. The first-order valence-corrected chi connectivity index (χ1v) is 9.78. The van der Waals surface area contributed by atoms with Crippen LogP contribution in [0.15, 0.2) is 63.8 Å². The molecule has 0 saturated heterocycles. The number of carbonyl (C=O) groups excluding carboxylic acids is 2. The van der Waals surface area contributed by atoms with Gasteiger partial charge in [0.25, 0.3) is 5.91 Å². The molecule has 1 amide bonds. The molecule has 7 heteroatoms. The fourth-order valence-electron chi connectivity index (χ4n) is 3.60. The maximum absolute atomic E-state index is 12.2. The molecule has 0 bridgehead atoms. The highest BCUT2D eigenvalue weighted by molar-refractivity contribution is 5.81. The Balaban J connectivity index is 1.26. The molecule has 4 rings (SSSR count). The van der Waals surface area contributed by atoms with Gasteiger partial charge in [0.05, 0.1) is 6.04 Å². The van der Waals surface area contributed by atoms with Crippen molar-refractivity contribution in [2.75, 3.05) is 13.2 Å². The third kappa shape index (κ3) is 4.68. The van der Waals surface area contributed by atoms with Gasteiger partial charge in [0.2, 0.25) is 0 Å². The number of aryl methyl sites for hydroxylation is 1. The van der Waals surface area contributed by atoms with Crippen molar-refractivity contribution in [1.29, 1.82) is 0 Å². The molecular weight excluding hydrogens is 386 g/mol. The van der Waals surface area contributed by atoms with Gasteiger partial charge in [-0.1, -0.05) is 24.3 Å². The second-order valence-electron chi connectivity index (χ2n) is 7.11. The van der Waals surface area contributed by atoms with Gasteiger partial charge in [-0.05, 0) is 48.6 Å². The standard InChI is InChI=1S/C23H21NO6/c25-21(24-19-7-3-5-15-4-1-2-6-18(15)19)13-29-23(27)14-28-17-10-8-16-9-11-22(26)30-20(16)12-17/h1-2,4,6,8-12,19H,3,5,7,13-14H2,(H,24,25). The minimum absolute atomic E-state index is 0.0651. The number of rotatable bonds is 6. The zero-order chi connectivity index (χ0) is 20.9. The molecule has 3 aromatic rings. The third-order valence-electron chi connectivity index (χ3n) is 5.02. The van der Waals surface area contributed by atoms with Crippen LogP contribution >= 0.6 is 0 Å². The number of hydrogen-bond donors (Lipinski definition) is 1. The zero-order valence-corrected chi connectivity index (χ0v) is 16.3. The Bertz CT molecular complexity index is 1140. The van der Waals surface area contributed by atoms with E-state index in [1.165, 1.54) is 17.7 Å². The highest BCUT2D eigenvalue weighted by Gasteiger charge is 2.21. The number of nitrogens with one attached hydrogen (secondary N) is 1. The highest BCUT2D eigenvalue weighted by atomic mass is 16.6. The molecule has 1 heterocycles. The van der Waals surface area contributed by atoms with Crippen LogP contribution in [-0.2, 0) is 20.7 Å². The van der Waals surface area contributed by atoms with Gasteiger partial charge in [0.1, 0.15) is 11.3 Å². The number of benzene rings is 2. The van der Waals surface area contributed by atoms with E-state index in [-0.39, 0.29) is 25.2 Å². The van der Waals surface area contributed by atoms with Crippen molar-refractivity contribution >= 4 is 22.8 Å². The second kappa shape index (κ2) is 8.82. The number of ether oxygens (including phenoxy) is 2. The Kier molecular flexibility index (Phi) is 5.79. The molecule has 1 aliphatic rings. The van der Waals surface area contributed by atoms with E-state index in [4.69, 9.17) is 13.9 Å². The van der Waals surface area contributed by atoms with Crippen LogP contribution in [0.4, 0.5) is 0 Å². The molecule has 0 radical (unpaired) electrons. The average Bonchev–Trinajstić information content (AvgIpc) is 2.76. The predicted octanol–water partition coefficient (Wildman–Crippen LogP) is 2.91. The number of amides is 1. The fourth-order valence-corrected chi connectivity index (χ4v) is 3.60. The Labute approximate surface area is 172 Å². The van der Waals surface area contributed by atoms with E-state index in [1.807, 2.05) is 18.2 Å². The minimum atomic E-state index is -0.663. The van der Waals surface area contributed by atoms with Crippen molar-refractivity contribution in [2.24, 2.45) is 0 Å².